The van der Waals surface area contributed by atoms with E-state index in [1.54, 1.807) is 0 Å². The zero-order valence-electron chi connectivity index (χ0n) is 14.3. The lowest BCUT2D eigenvalue weighted by atomic mass is 10.00. The molecule has 5 rings (SSSR count). The van der Waals surface area contributed by atoms with Crippen LogP contribution in [0.15, 0.2) is 72.8 Å². The van der Waals surface area contributed by atoms with Crippen LogP contribution in [-0.2, 0) is 4.79 Å². The first kappa shape index (κ1) is 15.9. The van der Waals surface area contributed by atoms with Crippen LogP contribution < -0.4 is 5.32 Å². The Bertz CT molecular complexity index is 1220. The predicted molar refractivity (Wildman–Crippen MR) is 112 cm³/mol. The minimum Gasteiger partial charge on any atom is -0.354 e. The molecule has 1 aliphatic rings. The quantitative estimate of drug-likeness (QED) is 0.419. The predicted octanol–water partition coefficient (Wildman–Crippen LogP) is 5.98. The number of aromatic nitrogens is 1. The van der Waals surface area contributed by atoms with Gasteiger partial charge in [-0.2, -0.15) is 0 Å². The first-order valence-corrected chi connectivity index (χ1v) is 9.07. The van der Waals surface area contributed by atoms with E-state index in [-0.39, 0.29) is 5.91 Å². The van der Waals surface area contributed by atoms with Crippen molar-refractivity contribution in [2.75, 3.05) is 5.32 Å². The minimum atomic E-state index is -0.0801. The van der Waals surface area contributed by atoms with Gasteiger partial charge in [-0.1, -0.05) is 60.1 Å². The monoisotopic (exact) mass is 370 g/mol. The van der Waals surface area contributed by atoms with Crippen molar-refractivity contribution in [3.8, 4) is 11.3 Å². The van der Waals surface area contributed by atoms with E-state index >= 15 is 0 Å². The molecule has 1 amide bonds. The Morgan fingerprint density at radius 1 is 0.852 bits per heavy atom. The number of hydrogen-bond acceptors (Lipinski definition) is 1. The number of benzene rings is 3. The zero-order valence-corrected chi connectivity index (χ0v) is 15.0. The highest BCUT2D eigenvalue weighted by molar-refractivity contribution is 6.35. The number of anilines is 1. The molecule has 0 spiro atoms. The van der Waals surface area contributed by atoms with Gasteiger partial charge in [-0.15, -0.1) is 0 Å². The molecular weight excluding hydrogens is 356 g/mol. The maximum atomic E-state index is 12.6. The van der Waals surface area contributed by atoms with Crippen molar-refractivity contribution >= 4 is 45.7 Å². The number of rotatable bonds is 2. The maximum Gasteiger partial charge on any atom is 0.256 e. The Hall–Kier alpha value is -3.30. The van der Waals surface area contributed by atoms with E-state index in [0.717, 1.165) is 39.0 Å². The van der Waals surface area contributed by atoms with Gasteiger partial charge in [0.15, 0.2) is 0 Å². The van der Waals surface area contributed by atoms with Crippen molar-refractivity contribution in [1.82, 2.24) is 4.98 Å². The Morgan fingerprint density at radius 3 is 2.44 bits per heavy atom. The number of fused-ring (bicyclic) bond motifs is 2. The molecule has 4 heteroatoms. The summed E-state index contributed by atoms with van der Waals surface area (Å²) in [6.07, 6.45) is 1.98. The van der Waals surface area contributed by atoms with E-state index in [9.17, 15) is 4.79 Å². The molecule has 0 saturated heterocycles. The molecule has 0 atom stereocenters. The molecule has 2 N–H and O–H groups in total. The van der Waals surface area contributed by atoms with Crippen LogP contribution in [0.1, 0.15) is 11.1 Å². The Morgan fingerprint density at radius 2 is 1.59 bits per heavy atom. The van der Waals surface area contributed by atoms with Crippen molar-refractivity contribution in [2.24, 2.45) is 0 Å². The summed E-state index contributed by atoms with van der Waals surface area (Å²) in [5.41, 5.74) is 6.46. The van der Waals surface area contributed by atoms with Gasteiger partial charge >= 0.3 is 0 Å². The normalized spacial score (nSPS) is 14.6. The van der Waals surface area contributed by atoms with Crippen molar-refractivity contribution in [1.29, 1.82) is 0 Å². The van der Waals surface area contributed by atoms with E-state index in [1.807, 2.05) is 72.8 Å². The highest BCUT2D eigenvalue weighted by Gasteiger charge is 2.24. The topological polar surface area (TPSA) is 44.9 Å². The average Bonchev–Trinajstić information content (AvgIpc) is 3.21. The van der Waals surface area contributed by atoms with Gasteiger partial charge in [-0.25, -0.2) is 0 Å². The molecule has 27 heavy (non-hydrogen) atoms. The molecule has 1 aromatic heterocycles. The lowest BCUT2D eigenvalue weighted by Crippen LogP contribution is -2.03. The number of aromatic amines is 1. The smallest absolute Gasteiger partial charge is 0.256 e. The van der Waals surface area contributed by atoms with Crippen molar-refractivity contribution in [2.45, 2.75) is 0 Å². The molecule has 0 saturated carbocycles. The SMILES string of the molecule is O=C1Nc2ccccc2C1=Cc1c(-c2ccc(Cl)cc2)[nH]c2ccccc12. The fourth-order valence-corrected chi connectivity index (χ4v) is 3.71. The van der Waals surface area contributed by atoms with E-state index < -0.39 is 0 Å². The number of halogens is 1. The van der Waals surface area contributed by atoms with E-state index in [2.05, 4.69) is 16.4 Å². The van der Waals surface area contributed by atoms with Crippen molar-refractivity contribution in [3.05, 3.63) is 88.9 Å². The second-order valence-corrected chi connectivity index (χ2v) is 6.96. The van der Waals surface area contributed by atoms with Crippen LogP contribution in [0.2, 0.25) is 5.02 Å². The fraction of sp³-hybridized carbons (Fsp3) is 0. The number of carbonyl (C=O) groups excluding carboxylic acids is 1. The molecule has 2 heterocycles. The Labute approximate surface area is 161 Å². The van der Waals surface area contributed by atoms with Gasteiger partial charge in [0.1, 0.15) is 0 Å². The summed E-state index contributed by atoms with van der Waals surface area (Å²) >= 11 is 6.06. The summed E-state index contributed by atoms with van der Waals surface area (Å²) in [7, 11) is 0. The maximum absolute atomic E-state index is 12.6. The number of carbonyl (C=O) groups is 1. The van der Waals surface area contributed by atoms with Crippen LogP contribution in [-0.4, -0.2) is 10.9 Å². The molecule has 4 aromatic rings. The third kappa shape index (κ3) is 2.64. The lowest BCUT2D eigenvalue weighted by Gasteiger charge is -2.03. The molecule has 0 aliphatic carbocycles. The third-order valence-corrected chi connectivity index (χ3v) is 5.13. The summed E-state index contributed by atoms with van der Waals surface area (Å²) in [4.78, 5) is 16.1. The second kappa shape index (κ2) is 6.15. The molecule has 0 bridgehead atoms. The summed E-state index contributed by atoms with van der Waals surface area (Å²) in [5.74, 6) is -0.0801. The first-order valence-electron chi connectivity index (χ1n) is 8.70. The molecule has 1 aliphatic heterocycles. The number of hydrogen-bond donors (Lipinski definition) is 2. The largest absolute Gasteiger partial charge is 0.354 e. The van der Waals surface area contributed by atoms with Gasteiger partial charge in [0.2, 0.25) is 0 Å². The number of para-hydroxylation sites is 2. The van der Waals surface area contributed by atoms with Crippen LogP contribution in [0.25, 0.3) is 33.8 Å². The standard InChI is InChI=1S/C23H15ClN2O/c24-15-11-9-14(10-12-15)22-18(16-5-1-3-7-20(16)25-22)13-19-17-6-2-4-8-21(17)26-23(19)27/h1-13,25H,(H,26,27). The number of H-pyrrole nitrogens is 1. The zero-order chi connectivity index (χ0) is 18.4. The lowest BCUT2D eigenvalue weighted by molar-refractivity contribution is -0.110. The fourth-order valence-electron chi connectivity index (χ4n) is 3.58. The molecule has 3 nitrogen and oxygen atoms in total. The number of amides is 1. The Kier molecular flexibility index (Phi) is 3.62. The van der Waals surface area contributed by atoms with Crippen LogP contribution >= 0.6 is 11.6 Å². The molecular formula is C23H15ClN2O. The summed E-state index contributed by atoms with van der Waals surface area (Å²) in [6.45, 7) is 0. The minimum absolute atomic E-state index is 0.0801. The molecule has 130 valence electrons. The first-order chi connectivity index (χ1) is 13.2. The van der Waals surface area contributed by atoms with Gasteiger partial charge in [0.05, 0.1) is 5.69 Å². The van der Waals surface area contributed by atoms with Crippen molar-refractivity contribution < 1.29 is 4.79 Å². The van der Waals surface area contributed by atoms with Gasteiger partial charge in [0, 0.05) is 38.3 Å². The third-order valence-electron chi connectivity index (χ3n) is 4.88. The van der Waals surface area contributed by atoms with Gasteiger partial charge in [0.25, 0.3) is 5.91 Å². The van der Waals surface area contributed by atoms with Crippen LogP contribution in [0.5, 0.6) is 0 Å². The second-order valence-electron chi connectivity index (χ2n) is 6.52. The van der Waals surface area contributed by atoms with Gasteiger partial charge < -0.3 is 10.3 Å². The molecule has 0 radical (unpaired) electrons. The van der Waals surface area contributed by atoms with Crippen LogP contribution in [0, 0.1) is 0 Å². The van der Waals surface area contributed by atoms with Crippen molar-refractivity contribution in [3.63, 3.8) is 0 Å². The van der Waals surface area contributed by atoms with Crippen LogP contribution in [0.3, 0.4) is 0 Å². The van der Waals surface area contributed by atoms with E-state index in [1.165, 1.54) is 0 Å². The van der Waals surface area contributed by atoms with Gasteiger partial charge in [-0.3, -0.25) is 4.79 Å². The summed E-state index contributed by atoms with van der Waals surface area (Å²) < 4.78 is 0. The molecule has 0 unspecified atom stereocenters. The van der Waals surface area contributed by atoms with E-state index in [0.29, 0.717) is 10.6 Å². The van der Waals surface area contributed by atoms with E-state index in [4.69, 9.17) is 11.6 Å². The highest BCUT2D eigenvalue weighted by Crippen LogP contribution is 2.37. The van der Waals surface area contributed by atoms with Crippen LogP contribution in [0.4, 0.5) is 5.69 Å². The average molecular weight is 371 g/mol. The summed E-state index contributed by atoms with van der Waals surface area (Å²) in [5, 5.41) is 4.71. The van der Waals surface area contributed by atoms with Gasteiger partial charge in [-0.05, 0) is 35.9 Å². The summed E-state index contributed by atoms with van der Waals surface area (Å²) in [6, 6.07) is 23.6. The Balaban J connectivity index is 1.77. The highest BCUT2D eigenvalue weighted by atomic mass is 35.5. The number of nitrogens with one attached hydrogen (secondary N) is 2. The molecule has 3 aromatic carbocycles. The molecule has 0 fully saturated rings.